The Balaban J connectivity index is 1.64. The van der Waals surface area contributed by atoms with Gasteiger partial charge in [0.05, 0.1) is 42.8 Å². The first kappa shape index (κ1) is 18.8. The van der Waals surface area contributed by atoms with E-state index in [1.807, 2.05) is 0 Å². The van der Waals surface area contributed by atoms with E-state index in [2.05, 4.69) is 16.2 Å². The van der Waals surface area contributed by atoms with Crippen LogP contribution in [-0.2, 0) is 12.1 Å². The zero-order valence-corrected chi connectivity index (χ0v) is 15.5. The maximum atomic E-state index is 13.3. The van der Waals surface area contributed by atoms with Gasteiger partial charge in [-0.15, -0.1) is 5.10 Å². The van der Waals surface area contributed by atoms with Gasteiger partial charge < -0.3 is 14.4 Å². The number of hydrogen-bond donors (Lipinski definition) is 1. The van der Waals surface area contributed by atoms with Gasteiger partial charge in [-0.3, -0.25) is 4.68 Å². The minimum absolute atomic E-state index is 0.105. The van der Waals surface area contributed by atoms with Gasteiger partial charge >= 0.3 is 6.18 Å². The summed E-state index contributed by atoms with van der Waals surface area (Å²) in [6.07, 6.45) is -1.22. The van der Waals surface area contributed by atoms with Crippen molar-refractivity contribution in [2.24, 2.45) is 5.41 Å². The monoisotopic (exact) mass is 395 g/mol. The molecule has 2 aromatic heterocycles. The van der Waals surface area contributed by atoms with E-state index < -0.39 is 17.6 Å². The molecule has 1 aliphatic heterocycles. The highest BCUT2D eigenvalue weighted by atomic mass is 19.4. The van der Waals surface area contributed by atoms with E-state index in [1.165, 1.54) is 10.8 Å². The van der Waals surface area contributed by atoms with Crippen molar-refractivity contribution < 1.29 is 23.0 Å². The summed E-state index contributed by atoms with van der Waals surface area (Å²) < 4.78 is 48.8. The Bertz CT molecular complexity index is 950. The van der Waals surface area contributed by atoms with Crippen molar-refractivity contribution in [2.45, 2.75) is 57.5 Å². The number of imidazole rings is 1. The lowest BCUT2D eigenvalue weighted by Crippen LogP contribution is -2.42. The van der Waals surface area contributed by atoms with Crippen LogP contribution < -0.4 is 4.74 Å². The number of alkyl halides is 3. The third-order valence-corrected chi connectivity index (χ3v) is 5.62. The van der Waals surface area contributed by atoms with E-state index in [1.54, 1.807) is 17.7 Å². The summed E-state index contributed by atoms with van der Waals surface area (Å²) >= 11 is 0. The number of fused-ring (bicyclic) bond motifs is 3. The van der Waals surface area contributed by atoms with E-state index in [0.717, 1.165) is 12.8 Å². The summed E-state index contributed by atoms with van der Waals surface area (Å²) in [5.74, 6) is -0.0754. The molecular weight excluding hydrogens is 375 g/mol. The molecule has 2 aromatic rings. The molecule has 0 aromatic carbocycles. The quantitative estimate of drug-likeness (QED) is 0.840. The SMILES string of the molecule is C[C@H]1Cn2nc(OCC3(CC#N)CC3)cc2-c2cnc([C@@](C)(O)C(F)(F)F)n21. The molecule has 1 aliphatic carbocycles. The Morgan fingerprint density at radius 3 is 2.71 bits per heavy atom. The number of nitrogens with zero attached hydrogens (tertiary/aromatic N) is 5. The molecule has 2 aliphatic rings. The Morgan fingerprint density at radius 2 is 2.11 bits per heavy atom. The molecule has 1 N–H and O–H groups in total. The van der Waals surface area contributed by atoms with Gasteiger partial charge in [-0.1, -0.05) is 0 Å². The number of aromatic nitrogens is 4. The maximum absolute atomic E-state index is 13.3. The number of aliphatic hydroxyl groups is 1. The Kier molecular flexibility index (Phi) is 4.01. The lowest BCUT2D eigenvalue weighted by atomic mass is 10.0. The first-order chi connectivity index (χ1) is 13.1. The fourth-order valence-corrected chi connectivity index (χ4v) is 3.57. The van der Waals surface area contributed by atoms with Gasteiger partial charge in [-0.2, -0.15) is 18.4 Å². The standard InChI is InChI=1S/C18H20F3N5O2/c1-11-9-25-12(7-14(24-25)28-10-17(3-4-17)5-6-22)13-8-23-15(26(11)13)16(2,27)18(19,20)21/h7-8,11,27H,3-5,9-10H2,1-2H3/t11-,16+/m0/s1. The summed E-state index contributed by atoms with van der Waals surface area (Å²) in [5, 5.41) is 23.4. The summed E-state index contributed by atoms with van der Waals surface area (Å²) in [5.41, 5.74) is -2.14. The normalized spacial score (nSPS) is 22.0. The molecule has 0 unspecified atom stereocenters. The first-order valence-electron chi connectivity index (χ1n) is 9.03. The minimum atomic E-state index is -4.85. The van der Waals surface area contributed by atoms with Crippen molar-refractivity contribution in [3.05, 3.63) is 18.1 Å². The number of nitriles is 1. The van der Waals surface area contributed by atoms with E-state index in [4.69, 9.17) is 10.00 Å². The molecule has 1 fully saturated rings. The van der Waals surface area contributed by atoms with Gasteiger partial charge in [-0.25, -0.2) is 4.98 Å². The van der Waals surface area contributed by atoms with E-state index in [9.17, 15) is 18.3 Å². The lowest BCUT2D eigenvalue weighted by Gasteiger charge is -2.31. The molecule has 10 heteroatoms. The van der Waals surface area contributed by atoms with Crippen molar-refractivity contribution in [2.75, 3.05) is 6.61 Å². The zero-order chi connectivity index (χ0) is 20.3. The van der Waals surface area contributed by atoms with Crippen LogP contribution in [0.5, 0.6) is 5.88 Å². The average molecular weight is 395 g/mol. The van der Waals surface area contributed by atoms with Gasteiger partial charge in [0.2, 0.25) is 11.5 Å². The number of hydrogen-bond acceptors (Lipinski definition) is 5. The van der Waals surface area contributed by atoms with Crippen LogP contribution >= 0.6 is 0 Å². The van der Waals surface area contributed by atoms with Crippen LogP contribution in [-0.4, -0.2) is 37.2 Å². The Labute approximate surface area is 159 Å². The fraction of sp³-hybridized carbons (Fsp3) is 0.611. The van der Waals surface area contributed by atoms with Crippen LogP contribution in [0.2, 0.25) is 0 Å². The highest BCUT2D eigenvalue weighted by Gasteiger charge is 2.55. The smallest absolute Gasteiger partial charge is 0.424 e. The van der Waals surface area contributed by atoms with Crippen molar-refractivity contribution in [3.8, 4) is 23.3 Å². The second-order valence-corrected chi connectivity index (χ2v) is 7.93. The van der Waals surface area contributed by atoms with Crippen LogP contribution in [0.1, 0.15) is 45.0 Å². The fourth-order valence-electron chi connectivity index (χ4n) is 3.57. The predicted octanol–water partition coefficient (Wildman–Crippen LogP) is 3.16. The van der Waals surface area contributed by atoms with E-state index >= 15 is 0 Å². The molecule has 3 heterocycles. The van der Waals surface area contributed by atoms with Crippen molar-refractivity contribution >= 4 is 0 Å². The largest absolute Gasteiger partial charge is 0.476 e. The molecule has 2 atom stereocenters. The Morgan fingerprint density at radius 1 is 1.39 bits per heavy atom. The Hall–Kier alpha value is -2.54. The molecule has 0 bridgehead atoms. The molecule has 1 saturated carbocycles. The van der Waals surface area contributed by atoms with Crippen LogP contribution in [0.3, 0.4) is 0 Å². The number of ether oxygens (including phenoxy) is 1. The van der Waals surface area contributed by atoms with E-state index in [0.29, 0.717) is 43.8 Å². The van der Waals surface area contributed by atoms with Crippen molar-refractivity contribution in [1.29, 1.82) is 5.26 Å². The van der Waals surface area contributed by atoms with Crippen LogP contribution in [0.4, 0.5) is 13.2 Å². The van der Waals surface area contributed by atoms with Gasteiger partial charge in [0.15, 0.2) is 5.82 Å². The summed E-state index contributed by atoms with van der Waals surface area (Å²) in [4.78, 5) is 3.89. The highest BCUT2D eigenvalue weighted by molar-refractivity contribution is 5.58. The third kappa shape index (κ3) is 2.85. The van der Waals surface area contributed by atoms with Gasteiger partial charge in [0.1, 0.15) is 0 Å². The maximum Gasteiger partial charge on any atom is 0.424 e. The summed E-state index contributed by atoms with van der Waals surface area (Å²) in [6, 6.07) is 3.45. The third-order valence-electron chi connectivity index (χ3n) is 5.62. The molecule has 0 amide bonds. The first-order valence-corrected chi connectivity index (χ1v) is 9.03. The number of rotatable bonds is 5. The molecule has 4 rings (SSSR count). The molecule has 0 spiro atoms. The van der Waals surface area contributed by atoms with Crippen molar-refractivity contribution in [3.63, 3.8) is 0 Å². The zero-order valence-electron chi connectivity index (χ0n) is 15.5. The van der Waals surface area contributed by atoms with Crippen LogP contribution in [0.25, 0.3) is 11.4 Å². The molecular formula is C18H20F3N5O2. The van der Waals surface area contributed by atoms with Crippen molar-refractivity contribution in [1.82, 2.24) is 19.3 Å². The molecule has 150 valence electrons. The van der Waals surface area contributed by atoms with Gasteiger partial charge in [0, 0.05) is 17.9 Å². The molecule has 0 radical (unpaired) electrons. The second-order valence-electron chi connectivity index (χ2n) is 7.93. The lowest BCUT2D eigenvalue weighted by molar-refractivity contribution is -0.262. The predicted molar refractivity (Wildman–Crippen MR) is 91.2 cm³/mol. The highest BCUT2D eigenvalue weighted by Crippen LogP contribution is 2.49. The summed E-state index contributed by atoms with van der Waals surface area (Å²) in [6.45, 7) is 3.17. The average Bonchev–Trinajstić information content (AvgIpc) is 3.04. The minimum Gasteiger partial charge on any atom is -0.476 e. The molecule has 0 saturated heterocycles. The van der Waals surface area contributed by atoms with Crippen LogP contribution in [0, 0.1) is 16.7 Å². The number of halogens is 3. The second kappa shape index (κ2) is 5.98. The van der Waals surface area contributed by atoms with E-state index in [-0.39, 0.29) is 11.5 Å². The van der Waals surface area contributed by atoms with Gasteiger partial charge in [-0.05, 0) is 26.7 Å². The van der Waals surface area contributed by atoms with Crippen LogP contribution in [0.15, 0.2) is 12.3 Å². The molecule has 7 nitrogen and oxygen atoms in total. The topological polar surface area (TPSA) is 88.9 Å². The summed E-state index contributed by atoms with van der Waals surface area (Å²) in [7, 11) is 0. The van der Waals surface area contributed by atoms with Gasteiger partial charge in [0.25, 0.3) is 0 Å². The molecule has 28 heavy (non-hydrogen) atoms.